The minimum Gasteiger partial charge on any atom is -0.347 e. The molecule has 0 spiro atoms. The fraction of sp³-hybridized carbons (Fsp3) is 0.571. The van der Waals surface area contributed by atoms with Crippen molar-refractivity contribution in [1.29, 1.82) is 0 Å². The molecule has 6 heteroatoms. The Morgan fingerprint density at radius 1 is 1.19 bits per heavy atom. The number of rotatable bonds is 7. The van der Waals surface area contributed by atoms with E-state index < -0.39 is 0 Å². The summed E-state index contributed by atoms with van der Waals surface area (Å²) < 4.78 is 0. The van der Waals surface area contributed by atoms with Crippen LogP contribution in [0, 0.1) is 11.8 Å². The van der Waals surface area contributed by atoms with E-state index in [4.69, 9.17) is 0 Å². The Hall–Kier alpha value is -2.37. The van der Waals surface area contributed by atoms with Crippen LogP contribution < -0.4 is 10.6 Å². The summed E-state index contributed by atoms with van der Waals surface area (Å²) in [5.74, 6) is 1.06. The second-order valence-corrected chi connectivity index (χ2v) is 7.94. The van der Waals surface area contributed by atoms with E-state index in [0.717, 1.165) is 49.0 Å². The lowest BCUT2D eigenvalue weighted by atomic mass is 9.89. The first kappa shape index (κ1) is 19.4. The van der Waals surface area contributed by atoms with Crippen LogP contribution in [0.2, 0.25) is 0 Å². The van der Waals surface area contributed by atoms with Crippen molar-refractivity contribution in [2.45, 2.75) is 58.4 Å². The molecule has 0 bridgehead atoms. The second-order valence-electron chi connectivity index (χ2n) is 7.94. The molecule has 3 N–H and O–H groups in total. The largest absolute Gasteiger partial charge is 0.347 e. The Bertz CT molecular complexity index is 744. The molecule has 0 unspecified atom stereocenters. The number of fused-ring (bicyclic) bond motifs is 1. The molecule has 146 valence electrons. The van der Waals surface area contributed by atoms with Crippen molar-refractivity contribution in [1.82, 2.24) is 20.6 Å². The minimum absolute atomic E-state index is 0.00833. The number of carbonyl (C=O) groups excluding carboxylic acids is 2. The van der Waals surface area contributed by atoms with Crippen LogP contribution in [0.15, 0.2) is 24.3 Å². The summed E-state index contributed by atoms with van der Waals surface area (Å²) in [6.07, 6.45) is 6.06. The number of nitrogens with one attached hydrogen (secondary N) is 3. The topological polar surface area (TPSA) is 86.9 Å². The van der Waals surface area contributed by atoms with E-state index in [-0.39, 0.29) is 30.3 Å². The maximum Gasteiger partial charge on any atom is 0.239 e. The van der Waals surface area contributed by atoms with Crippen molar-refractivity contribution in [3.8, 4) is 0 Å². The van der Waals surface area contributed by atoms with Gasteiger partial charge < -0.3 is 15.6 Å². The standard InChI is InChI=1S/C21H30N4O2/c1-14(2)12-18(20-24-16-10-6-7-11-17(16)25-20)23-19(26)13-22-21(27)15-8-4-3-5-9-15/h6-7,10-11,14-15,18H,3-5,8-9,12-13H2,1-2H3,(H,22,27)(H,23,26)(H,24,25)/t18-/m0/s1. The summed E-state index contributed by atoms with van der Waals surface area (Å²) in [7, 11) is 0. The molecule has 0 aliphatic heterocycles. The highest BCUT2D eigenvalue weighted by molar-refractivity contribution is 5.86. The van der Waals surface area contributed by atoms with Gasteiger partial charge in [-0.1, -0.05) is 45.2 Å². The lowest BCUT2D eigenvalue weighted by molar-refractivity contribution is -0.129. The highest BCUT2D eigenvalue weighted by atomic mass is 16.2. The Labute approximate surface area is 160 Å². The van der Waals surface area contributed by atoms with Crippen molar-refractivity contribution < 1.29 is 9.59 Å². The summed E-state index contributed by atoms with van der Waals surface area (Å²) in [6, 6.07) is 7.64. The van der Waals surface area contributed by atoms with E-state index >= 15 is 0 Å². The van der Waals surface area contributed by atoms with E-state index in [2.05, 4.69) is 34.4 Å². The third-order valence-electron chi connectivity index (χ3n) is 5.18. The molecule has 2 amide bonds. The zero-order valence-electron chi connectivity index (χ0n) is 16.3. The van der Waals surface area contributed by atoms with Gasteiger partial charge in [-0.3, -0.25) is 9.59 Å². The van der Waals surface area contributed by atoms with Crippen molar-refractivity contribution in [3.05, 3.63) is 30.1 Å². The minimum atomic E-state index is -0.198. The van der Waals surface area contributed by atoms with Crippen LogP contribution in [0.25, 0.3) is 11.0 Å². The molecule has 1 heterocycles. The van der Waals surface area contributed by atoms with Crippen molar-refractivity contribution >= 4 is 22.8 Å². The molecule has 1 atom stereocenters. The van der Waals surface area contributed by atoms with Crippen molar-refractivity contribution in [2.75, 3.05) is 6.54 Å². The van der Waals surface area contributed by atoms with Gasteiger partial charge in [-0.25, -0.2) is 4.98 Å². The van der Waals surface area contributed by atoms with Gasteiger partial charge in [-0.2, -0.15) is 0 Å². The molecule has 0 radical (unpaired) electrons. The molecule has 1 aliphatic carbocycles. The third kappa shape index (κ3) is 5.31. The summed E-state index contributed by atoms with van der Waals surface area (Å²) in [5, 5.41) is 5.84. The predicted octanol–water partition coefficient (Wildman–Crippen LogP) is 3.46. The highest BCUT2D eigenvalue weighted by Crippen LogP contribution is 2.24. The van der Waals surface area contributed by atoms with Crippen LogP contribution in [-0.4, -0.2) is 28.3 Å². The summed E-state index contributed by atoms with van der Waals surface area (Å²) in [4.78, 5) is 32.6. The number of nitrogens with zero attached hydrogens (tertiary/aromatic N) is 1. The number of aromatic amines is 1. The molecule has 1 fully saturated rings. The Kier molecular flexibility index (Phi) is 6.48. The third-order valence-corrected chi connectivity index (χ3v) is 5.18. The molecule has 0 saturated heterocycles. The average Bonchev–Trinajstić information content (AvgIpc) is 3.10. The lowest BCUT2D eigenvalue weighted by Crippen LogP contribution is -2.41. The molecule has 1 aromatic heterocycles. The zero-order valence-corrected chi connectivity index (χ0v) is 16.3. The SMILES string of the molecule is CC(C)C[C@H](NC(=O)CNC(=O)C1CCCCC1)c1nc2ccccc2[nH]1. The van der Waals surface area contributed by atoms with E-state index in [9.17, 15) is 9.59 Å². The van der Waals surface area contributed by atoms with Gasteiger partial charge in [0.1, 0.15) is 5.82 Å². The number of H-pyrrole nitrogens is 1. The quantitative estimate of drug-likeness (QED) is 0.697. The van der Waals surface area contributed by atoms with Crippen LogP contribution >= 0.6 is 0 Å². The number of benzene rings is 1. The highest BCUT2D eigenvalue weighted by Gasteiger charge is 2.23. The lowest BCUT2D eigenvalue weighted by Gasteiger charge is -2.22. The summed E-state index contributed by atoms with van der Waals surface area (Å²) >= 11 is 0. The smallest absolute Gasteiger partial charge is 0.239 e. The van der Waals surface area contributed by atoms with E-state index in [1.54, 1.807) is 0 Å². The van der Waals surface area contributed by atoms with Gasteiger partial charge >= 0.3 is 0 Å². The van der Waals surface area contributed by atoms with Crippen LogP contribution in [-0.2, 0) is 9.59 Å². The monoisotopic (exact) mass is 370 g/mol. The normalized spacial score (nSPS) is 16.4. The van der Waals surface area contributed by atoms with Crippen LogP contribution in [0.4, 0.5) is 0 Å². The number of para-hydroxylation sites is 2. The van der Waals surface area contributed by atoms with Crippen LogP contribution in [0.1, 0.15) is 64.2 Å². The van der Waals surface area contributed by atoms with E-state index in [1.165, 1.54) is 6.42 Å². The Morgan fingerprint density at radius 2 is 1.93 bits per heavy atom. The average molecular weight is 370 g/mol. The first-order chi connectivity index (χ1) is 13.0. The molecule has 6 nitrogen and oxygen atoms in total. The van der Waals surface area contributed by atoms with Gasteiger partial charge in [0.05, 0.1) is 23.6 Å². The first-order valence-corrected chi connectivity index (χ1v) is 10.0. The number of amides is 2. The molecule has 2 aromatic rings. The zero-order chi connectivity index (χ0) is 19.2. The fourth-order valence-corrected chi connectivity index (χ4v) is 3.77. The number of hydrogen-bond donors (Lipinski definition) is 3. The van der Waals surface area contributed by atoms with Gasteiger partial charge in [0.2, 0.25) is 11.8 Å². The number of carbonyl (C=O) groups is 2. The van der Waals surface area contributed by atoms with Crippen molar-refractivity contribution in [2.24, 2.45) is 11.8 Å². The molecule has 27 heavy (non-hydrogen) atoms. The number of aromatic nitrogens is 2. The molecule has 1 aromatic carbocycles. The first-order valence-electron chi connectivity index (χ1n) is 10.0. The van der Waals surface area contributed by atoms with Gasteiger partial charge in [-0.05, 0) is 37.3 Å². The molecule has 1 aliphatic rings. The molecular weight excluding hydrogens is 340 g/mol. The Morgan fingerprint density at radius 3 is 2.63 bits per heavy atom. The maximum absolute atomic E-state index is 12.4. The van der Waals surface area contributed by atoms with E-state index in [1.807, 2.05) is 24.3 Å². The van der Waals surface area contributed by atoms with Gasteiger partial charge in [0, 0.05) is 5.92 Å². The molecular formula is C21H30N4O2. The van der Waals surface area contributed by atoms with Gasteiger partial charge in [-0.15, -0.1) is 0 Å². The van der Waals surface area contributed by atoms with E-state index in [0.29, 0.717) is 5.92 Å². The Balaban J connectivity index is 1.60. The molecule has 1 saturated carbocycles. The van der Waals surface area contributed by atoms with Crippen LogP contribution in [0.3, 0.4) is 0 Å². The summed E-state index contributed by atoms with van der Waals surface area (Å²) in [5.41, 5.74) is 1.85. The fourth-order valence-electron chi connectivity index (χ4n) is 3.77. The maximum atomic E-state index is 12.4. The second kappa shape index (κ2) is 9.02. The summed E-state index contributed by atoms with van der Waals surface area (Å²) in [6.45, 7) is 4.25. The van der Waals surface area contributed by atoms with Gasteiger partial charge in [0.15, 0.2) is 0 Å². The van der Waals surface area contributed by atoms with Crippen molar-refractivity contribution in [3.63, 3.8) is 0 Å². The van der Waals surface area contributed by atoms with Crippen LogP contribution in [0.5, 0.6) is 0 Å². The van der Waals surface area contributed by atoms with Gasteiger partial charge in [0.25, 0.3) is 0 Å². The predicted molar refractivity (Wildman–Crippen MR) is 106 cm³/mol. The number of imidazole rings is 1. The molecule has 3 rings (SSSR count). The number of hydrogen-bond acceptors (Lipinski definition) is 3.